The third kappa shape index (κ3) is 17.4. The molecule has 0 spiro atoms. The predicted octanol–water partition coefficient (Wildman–Crippen LogP) is 8.12. The van der Waals surface area contributed by atoms with E-state index in [0.29, 0.717) is 35.9 Å². The van der Waals surface area contributed by atoms with Crippen LogP contribution in [0.5, 0.6) is 11.6 Å². The first-order valence-electron chi connectivity index (χ1n) is 25.4. The number of nitrogens with zero attached hydrogens (tertiary/aromatic N) is 2. The van der Waals surface area contributed by atoms with E-state index in [1.54, 1.807) is 109 Å². The van der Waals surface area contributed by atoms with E-state index in [1.807, 2.05) is 42.5 Å². The average molecular weight is 1050 g/mol. The van der Waals surface area contributed by atoms with Gasteiger partial charge in [-0.15, -0.1) is 5.10 Å². The fourth-order valence-electron chi connectivity index (χ4n) is 6.98. The number of carboxylic acid groups (broad SMARTS) is 1. The van der Waals surface area contributed by atoms with Crippen molar-refractivity contribution in [3.05, 3.63) is 53.6 Å². The van der Waals surface area contributed by atoms with Crippen molar-refractivity contribution in [2.24, 2.45) is 27.1 Å². The van der Waals surface area contributed by atoms with Gasteiger partial charge in [-0.2, -0.15) is 0 Å². The average Bonchev–Trinajstić information content (AvgIpc) is 3.63. The summed E-state index contributed by atoms with van der Waals surface area (Å²) in [6.07, 6.45) is -6.19. The van der Waals surface area contributed by atoms with Gasteiger partial charge in [0.2, 0.25) is 24.2 Å². The Balaban J connectivity index is 1.80. The molecule has 1 amide bonds. The molecule has 75 heavy (non-hydrogen) atoms. The first-order valence-corrected chi connectivity index (χ1v) is 25.4. The van der Waals surface area contributed by atoms with Crippen LogP contribution in [0.3, 0.4) is 0 Å². The molecule has 416 valence electrons. The summed E-state index contributed by atoms with van der Waals surface area (Å²) in [5.41, 5.74) is -4.03. The van der Waals surface area contributed by atoms with Crippen LogP contribution in [0.2, 0.25) is 0 Å². The van der Waals surface area contributed by atoms with Crippen molar-refractivity contribution < 1.29 is 76.6 Å². The van der Waals surface area contributed by atoms with Crippen LogP contribution >= 0.6 is 0 Å². The van der Waals surface area contributed by atoms with E-state index in [0.717, 1.165) is 11.1 Å². The number of aromatic nitrogens is 2. The Morgan fingerprint density at radius 1 is 0.627 bits per heavy atom. The third-order valence-electron chi connectivity index (χ3n) is 11.8. The van der Waals surface area contributed by atoms with Gasteiger partial charge >= 0.3 is 35.8 Å². The molecule has 0 aliphatic carbocycles. The summed E-state index contributed by atoms with van der Waals surface area (Å²) in [6.45, 7) is 27.7. The Hall–Kier alpha value is -6.24. The number of benzene rings is 2. The minimum atomic E-state index is -1.63. The maximum absolute atomic E-state index is 14.0. The molecule has 0 bridgehead atoms. The number of carboxylic acids is 1. The summed E-state index contributed by atoms with van der Waals surface area (Å²) in [5, 5.41) is 17.2. The van der Waals surface area contributed by atoms with Gasteiger partial charge in [0.15, 0.2) is 12.2 Å². The van der Waals surface area contributed by atoms with Crippen molar-refractivity contribution >= 4 is 52.6 Å². The van der Waals surface area contributed by atoms with Gasteiger partial charge in [0, 0.05) is 6.42 Å². The molecule has 1 aliphatic rings. The van der Waals surface area contributed by atoms with Crippen molar-refractivity contribution in [1.82, 2.24) is 15.1 Å². The monoisotopic (exact) mass is 1050 g/mol. The Morgan fingerprint density at radius 3 is 1.68 bits per heavy atom. The van der Waals surface area contributed by atoms with Crippen LogP contribution < -0.4 is 14.8 Å². The second-order valence-electron chi connectivity index (χ2n) is 24.7. The van der Waals surface area contributed by atoms with Crippen LogP contribution in [-0.4, -0.2) is 113 Å². The Labute approximate surface area is 441 Å². The van der Waals surface area contributed by atoms with Gasteiger partial charge in [0.25, 0.3) is 0 Å². The highest BCUT2D eigenvalue weighted by molar-refractivity contribution is 5.88. The van der Waals surface area contributed by atoms with Crippen molar-refractivity contribution in [1.29, 1.82) is 0 Å². The second-order valence-corrected chi connectivity index (χ2v) is 24.7. The normalized spacial score (nSPS) is 18.6. The number of carbonyl (C=O) groups excluding carboxylic acids is 6. The summed E-state index contributed by atoms with van der Waals surface area (Å²) in [6, 6.07) is 13.1. The topological polar surface area (TPSA) is 243 Å². The van der Waals surface area contributed by atoms with E-state index in [4.69, 9.17) is 43.0 Å². The van der Waals surface area contributed by atoms with Crippen LogP contribution in [0.15, 0.2) is 42.5 Å². The number of aryl methyl sites for hydroxylation is 2. The quantitative estimate of drug-likeness (QED) is 0.0616. The minimum absolute atomic E-state index is 0.0185. The van der Waals surface area contributed by atoms with E-state index < -0.39 is 112 Å². The van der Waals surface area contributed by atoms with Crippen LogP contribution in [-0.2, 0) is 81.4 Å². The summed E-state index contributed by atoms with van der Waals surface area (Å²) in [5.74, 6) is -4.09. The summed E-state index contributed by atoms with van der Waals surface area (Å²) in [7, 11) is 0. The molecule has 1 fully saturated rings. The molecule has 3 aromatic rings. The van der Waals surface area contributed by atoms with Gasteiger partial charge in [0.1, 0.15) is 30.6 Å². The van der Waals surface area contributed by atoms with Crippen molar-refractivity contribution in [3.8, 4) is 11.6 Å². The standard InChI is InChI=1S/C56H81N3O16/c1-51(2,3)46(63)69-31-29-59-36-21-18-20-34(26-23-33-24-27-35(28-25-33)68-30-19-22-38(60)57-56(16,17)45(61)62)39(36)43(58-59)75-44-42(74-50(67)55(13,14)15)41(73-49(66)54(10,11)12)40(72-48(65)53(7,8)9)37(71-44)32-70-47(64)52(4,5)6/h18,20-21,24-25,27-28,37,40-42,44H,19,22-23,26,29-32H2,1-17H3,(H,57,60)(H,61,62)/t37-,40-,41+,42-,44+/m1/s1. The Kier molecular flexibility index (Phi) is 19.8. The van der Waals surface area contributed by atoms with E-state index >= 15 is 0 Å². The number of amides is 1. The molecule has 0 saturated carbocycles. The second kappa shape index (κ2) is 24.2. The van der Waals surface area contributed by atoms with E-state index in [-0.39, 0.29) is 32.1 Å². The van der Waals surface area contributed by atoms with Crippen LogP contribution in [0, 0.1) is 27.1 Å². The number of fused-ring (bicyclic) bond motifs is 1. The number of hydrogen-bond acceptors (Lipinski definition) is 16. The number of ether oxygens (including phenoxy) is 8. The number of esters is 5. The fraction of sp³-hybridized carbons (Fsp3) is 0.643. The molecule has 4 rings (SSSR count). The first-order chi connectivity index (χ1) is 34.4. The molecule has 1 aromatic heterocycles. The lowest BCUT2D eigenvalue weighted by Crippen LogP contribution is -2.65. The lowest BCUT2D eigenvalue weighted by molar-refractivity contribution is -0.294. The minimum Gasteiger partial charge on any atom is -0.494 e. The summed E-state index contributed by atoms with van der Waals surface area (Å²) < 4.78 is 51.0. The van der Waals surface area contributed by atoms with E-state index in [2.05, 4.69) is 5.32 Å². The van der Waals surface area contributed by atoms with Crippen LogP contribution in [0.25, 0.3) is 10.9 Å². The van der Waals surface area contributed by atoms with Gasteiger partial charge in [0.05, 0.1) is 51.1 Å². The molecular weight excluding hydrogens is 971 g/mol. The molecule has 0 unspecified atom stereocenters. The number of aliphatic carboxylic acids is 1. The molecule has 2 aromatic carbocycles. The molecule has 19 nitrogen and oxygen atoms in total. The van der Waals surface area contributed by atoms with Gasteiger partial charge < -0.3 is 48.3 Å². The van der Waals surface area contributed by atoms with Gasteiger partial charge in [-0.1, -0.05) is 24.3 Å². The largest absolute Gasteiger partial charge is 0.494 e. The lowest BCUT2D eigenvalue weighted by Gasteiger charge is -2.45. The number of carbonyl (C=O) groups is 7. The van der Waals surface area contributed by atoms with Crippen LogP contribution in [0.4, 0.5) is 0 Å². The maximum Gasteiger partial charge on any atom is 0.328 e. The molecule has 19 heteroatoms. The highest BCUT2D eigenvalue weighted by Gasteiger charge is 2.56. The highest BCUT2D eigenvalue weighted by atomic mass is 16.7. The summed E-state index contributed by atoms with van der Waals surface area (Å²) in [4.78, 5) is 91.6. The SMILES string of the molecule is CC(C)(C)C(=O)OCCn1nc(O[C@@H]2O[C@H](COC(=O)C(C)(C)C)[C@@H](OC(=O)C(C)(C)C)[C@H](OC(=O)C(C)(C)C)[C@H]2OC(=O)C(C)(C)C)c2c(CCc3ccc(OCCCC(=O)NC(C)(C)C(=O)O)cc3)cccc21. The molecule has 1 aliphatic heterocycles. The molecule has 0 radical (unpaired) electrons. The van der Waals surface area contributed by atoms with Gasteiger partial charge in [-0.3, -0.25) is 33.4 Å². The Morgan fingerprint density at radius 2 is 1.15 bits per heavy atom. The predicted molar refractivity (Wildman–Crippen MR) is 276 cm³/mol. The molecule has 2 heterocycles. The van der Waals surface area contributed by atoms with Crippen LogP contribution in [0.1, 0.15) is 142 Å². The van der Waals surface area contributed by atoms with E-state index in [9.17, 15) is 38.7 Å². The fourth-order valence-corrected chi connectivity index (χ4v) is 6.98. The zero-order chi connectivity index (χ0) is 56.6. The molecule has 2 N–H and O–H groups in total. The highest BCUT2D eigenvalue weighted by Crippen LogP contribution is 2.38. The molecule has 1 saturated heterocycles. The molecule has 5 atom stereocenters. The maximum atomic E-state index is 14.0. The zero-order valence-corrected chi connectivity index (χ0v) is 47.1. The van der Waals surface area contributed by atoms with Crippen molar-refractivity contribution in [2.45, 2.75) is 186 Å². The third-order valence-corrected chi connectivity index (χ3v) is 11.8. The zero-order valence-electron chi connectivity index (χ0n) is 47.1. The molecular formula is C56H81N3O16. The Bertz CT molecular complexity index is 2510. The van der Waals surface area contributed by atoms with Crippen molar-refractivity contribution in [2.75, 3.05) is 19.8 Å². The van der Waals surface area contributed by atoms with Crippen molar-refractivity contribution in [3.63, 3.8) is 0 Å². The van der Waals surface area contributed by atoms with Gasteiger partial charge in [-0.05, 0) is 166 Å². The van der Waals surface area contributed by atoms with Gasteiger partial charge in [-0.25, -0.2) is 4.79 Å². The number of hydrogen-bond donors (Lipinski definition) is 2. The number of rotatable bonds is 20. The smallest absolute Gasteiger partial charge is 0.328 e. The number of nitrogens with one attached hydrogen (secondary N) is 1. The summed E-state index contributed by atoms with van der Waals surface area (Å²) >= 11 is 0. The van der Waals surface area contributed by atoms with E-state index in [1.165, 1.54) is 13.8 Å². The lowest BCUT2D eigenvalue weighted by atomic mass is 9.93. The first kappa shape index (κ1) is 61.3.